The lowest BCUT2D eigenvalue weighted by molar-refractivity contribution is 0.465. The molecule has 1 aliphatic carbocycles. The van der Waals surface area contributed by atoms with Crippen LogP contribution < -0.4 is 5.73 Å². The van der Waals surface area contributed by atoms with Gasteiger partial charge in [-0.05, 0) is 18.1 Å². The van der Waals surface area contributed by atoms with E-state index < -0.39 is 0 Å². The molecule has 0 amide bonds. The lowest BCUT2D eigenvalue weighted by Crippen LogP contribution is -2.10. The van der Waals surface area contributed by atoms with Crippen LogP contribution in [-0.4, -0.2) is 5.11 Å². The van der Waals surface area contributed by atoms with Crippen LogP contribution in [0.1, 0.15) is 23.5 Å². The van der Waals surface area contributed by atoms with Gasteiger partial charge in [-0.25, -0.2) is 0 Å². The molecule has 2 aromatic carbocycles. The summed E-state index contributed by atoms with van der Waals surface area (Å²) in [4.78, 5) is 0. The van der Waals surface area contributed by atoms with Gasteiger partial charge in [-0.3, -0.25) is 0 Å². The first kappa shape index (κ1) is 12.5. The van der Waals surface area contributed by atoms with E-state index in [1.807, 2.05) is 36.4 Å². The monoisotopic (exact) mass is 263 g/mol. The van der Waals surface area contributed by atoms with Gasteiger partial charge in [0.05, 0.1) is 0 Å². The molecule has 0 saturated heterocycles. The molecule has 2 aromatic rings. The summed E-state index contributed by atoms with van der Waals surface area (Å²) < 4.78 is 0. The largest absolute Gasteiger partial charge is 0.508 e. The van der Waals surface area contributed by atoms with E-state index in [9.17, 15) is 5.11 Å². The van der Waals surface area contributed by atoms with Crippen molar-refractivity contribution in [3.63, 3.8) is 0 Å². The summed E-state index contributed by atoms with van der Waals surface area (Å²) in [6.07, 6.45) is 4.91. The molecule has 1 atom stereocenters. The van der Waals surface area contributed by atoms with Gasteiger partial charge >= 0.3 is 0 Å². The third-order valence-corrected chi connectivity index (χ3v) is 3.70. The van der Waals surface area contributed by atoms with Gasteiger partial charge in [0.25, 0.3) is 0 Å². The Morgan fingerprint density at radius 2 is 1.65 bits per heavy atom. The Morgan fingerprint density at radius 3 is 2.35 bits per heavy atom. The SMILES string of the molecule is NC1=C(c2ccccc2)C=CC(c2ccccc2O)C1. The minimum absolute atomic E-state index is 0.142. The predicted molar refractivity (Wildman–Crippen MR) is 82.2 cm³/mol. The fourth-order valence-electron chi connectivity index (χ4n) is 2.65. The summed E-state index contributed by atoms with van der Waals surface area (Å²) in [5, 5.41) is 9.94. The molecule has 0 bridgehead atoms. The van der Waals surface area contributed by atoms with Crippen LogP contribution in [0.5, 0.6) is 5.75 Å². The fourth-order valence-corrected chi connectivity index (χ4v) is 2.65. The Labute approximate surface area is 118 Å². The Balaban J connectivity index is 1.90. The molecular formula is C18H17NO. The van der Waals surface area contributed by atoms with Crippen LogP contribution in [0.25, 0.3) is 5.57 Å². The zero-order chi connectivity index (χ0) is 13.9. The molecule has 0 radical (unpaired) electrons. The number of allylic oxidation sites excluding steroid dienone is 4. The molecule has 20 heavy (non-hydrogen) atoms. The Morgan fingerprint density at radius 1 is 0.950 bits per heavy atom. The van der Waals surface area contributed by atoms with E-state index in [0.29, 0.717) is 5.75 Å². The number of nitrogens with two attached hydrogens (primary N) is 1. The van der Waals surface area contributed by atoms with Crippen LogP contribution in [0.15, 0.2) is 72.4 Å². The van der Waals surface area contributed by atoms with E-state index in [1.165, 1.54) is 0 Å². The lowest BCUT2D eigenvalue weighted by atomic mass is 9.86. The van der Waals surface area contributed by atoms with Crippen molar-refractivity contribution in [2.24, 2.45) is 5.73 Å². The van der Waals surface area contributed by atoms with Crippen LogP contribution in [0.3, 0.4) is 0 Å². The molecule has 0 spiro atoms. The Hall–Kier alpha value is -2.48. The van der Waals surface area contributed by atoms with Gasteiger partial charge in [-0.15, -0.1) is 0 Å². The molecule has 1 aliphatic rings. The van der Waals surface area contributed by atoms with Crippen molar-refractivity contribution < 1.29 is 5.11 Å². The average molecular weight is 263 g/mol. The van der Waals surface area contributed by atoms with Crippen molar-refractivity contribution in [1.82, 2.24) is 0 Å². The van der Waals surface area contributed by atoms with Gasteiger partial charge in [-0.1, -0.05) is 60.7 Å². The van der Waals surface area contributed by atoms with E-state index in [4.69, 9.17) is 5.73 Å². The Bertz CT molecular complexity index is 671. The van der Waals surface area contributed by atoms with Crippen LogP contribution in [0, 0.1) is 0 Å². The summed E-state index contributed by atoms with van der Waals surface area (Å²) in [6, 6.07) is 17.6. The highest BCUT2D eigenvalue weighted by Crippen LogP contribution is 2.36. The first-order chi connectivity index (χ1) is 9.75. The molecule has 0 heterocycles. The topological polar surface area (TPSA) is 46.2 Å². The van der Waals surface area contributed by atoms with E-state index in [0.717, 1.165) is 28.8 Å². The third-order valence-electron chi connectivity index (χ3n) is 3.70. The molecule has 3 rings (SSSR count). The smallest absolute Gasteiger partial charge is 0.119 e. The predicted octanol–water partition coefficient (Wildman–Crippen LogP) is 3.81. The van der Waals surface area contributed by atoms with E-state index >= 15 is 0 Å². The number of phenolic OH excluding ortho intramolecular Hbond substituents is 1. The molecule has 1 unspecified atom stereocenters. The van der Waals surface area contributed by atoms with Crippen LogP contribution in [0.2, 0.25) is 0 Å². The normalized spacial score (nSPS) is 18.3. The molecule has 0 aliphatic heterocycles. The molecule has 0 fully saturated rings. The molecular weight excluding hydrogens is 246 g/mol. The lowest BCUT2D eigenvalue weighted by Gasteiger charge is -2.21. The zero-order valence-corrected chi connectivity index (χ0v) is 11.2. The van der Waals surface area contributed by atoms with Gasteiger partial charge in [0.15, 0.2) is 0 Å². The maximum absolute atomic E-state index is 9.94. The number of rotatable bonds is 2. The van der Waals surface area contributed by atoms with Crippen molar-refractivity contribution in [2.75, 3.05) is 0 Å². The summed E-state index contributed by atoms with van der Waals surface area (Å²) in [5.41, 5.74) is 10.2. The highest BCUT2D eigenvalue weighted by Gasteiger charge is 2.18. The molecule has 2 nitrogen and oxygen atoms in total. The molecule has 0 saturated carbocycles. The first-order valence-corrected chi connectivity index (χ1v) is 6.76. The highest BCUT2D eigenvalue weighted by molar-refractivity contribution is 5.77. The highest BCUT2D eigenvalue weighted by atomic mass is 16.3. The number of hydrogen-bond acceptors (Lipinski definition) is 2. The number of phenols is 1. The average Bonchev–Trinajstić information content (AvgIpc) is 2.48. The van der Waals surface area contributed by atoms with E-state index in [-0.39, 0.29) is 5.92 Å². The van der Waals surface area contributed by atoms with Gasteiger partial charge in [0.1, 0.15) is 5.75 Å². The standard InChI is InChI=1S/C18H17NO/c19-17-12-14(16-8-4-5-9-18(16)20)10-11-15(17)13-6-2-1-3-7-13/h1-11,14,20H,12,19H2. The van der Waals surface area contributed by atoms with Crippen molar-refractivity contribution in [2.45, 2.75) is 12.3 Å². The van der Waals surface area contributed by atoms with Crippen molar-refractivity contribution in [3.8, 4) is 5.75 Å². The van der Waals surface area contributed by atoms with Gasteiger partial charge < -0.3 is 10.8 Å². The molecule has 2 heteroatoms. The quantitative estimate of drug-likeness (QED) is 0.865. The minimum atomic E-state index is 0.142. The minimum Gasteiger partial charge on any atom is -0.508 e. The molecule has 100 valence electrons. The van der Waals surface area contributed by atoms with E-state index in [1.54, 1.807) is 6.07 Å². The third kappa shape index (κ3) is 2.32. The fraction of sp³-hybridized carbons (Fsp3) is 0.111. The number of para-hydroxylation sites is 1. The maximum Gasteiger partial charge on any atom is 0.119 e. The number of hydrogen-bond donors (Lipinski definition) is 2. The summed E-state index contributed by atoms with van der Waals surface area (Å²) in [5.74, 6) is 0.474. The van der Waals surface area contributed by atoms with Crippen LogP contribution in [-0.2, 0) is 0 Å². The number of benzene rings is 2. The van der Waals surface area contributed by atoms with Gasteiger partial charge in [0.2, 0.25) is 0 Å². The van der Waals surface area contributed by atoms with Gasteiger partial charge in [-0.2, -0.15) is 0 Å². The number of aromatic hydroxyl groups is 1. The first-order valence-electron chi connectivity index (χ1n) is 6.76. The van der Waals surface area contributed by atoms with Crippen molar-refractivity contribution in [3.05, 3.63) is 83.6 Å². The van der Waals surface area contributed by atoms with Gasteiger partial charge in [0, 0.05) is 22.8 Å². The summed E-state index contributed by atoms with van der Waals surface area (Å²) in [6.45, 7) is 0. The second kappa shape index (κ2) is 5.25. The maximum atomic E-state index is 9.94. The second-order valence-corrected chi connectivity index (χ2v) is 5.03. The Kier molecular flexibility index (Phi) is 3.30. The van der Waals surface area contributed by atoms with Crippen LogP contribution in [0.4, 0.5) is 0 Å². The summed E-state index contributed by atoms with van der Waals surface area (Å²) >= 11 is 0. The van der Waals surface area contributed by atoms with E-state index in [2.05, 4.69) is 24.3 Å². The second-order valence-electron chi connectivity index (χ2n) is 5.03. The van der Waals surface area contributed by atoms with Crippen molar-refractivity contribution in [1.29, 1.82) is 0 Å². The molecule has 3 N–H and O–H groups in total. The van der Waals surface area contributed by atoms with Crippen molar-refractivity contribution >= 4 is 5.57 Å². The zero-order valence-electron chi connectivity index (χ0n) is 11.2. The molecule has 0 aromatic heterocycles. The summed E-state index contributed by atoms with van der Waals surface area (Å²) in [7, 11) is 0. The van der Waals surface area contributed by atoms with Crippen LogP contribution >= 0.6 is 0 Å².